The van der Waals surface area contributed by atoms with Gasteiger partial charge in [0.25, 0.3) is 0 Å². The van der Waals surface area contributed by atoms with Gasteiger partial charge in [0, 0.05) is 37.1 Å². The van der Waals surface area contributed by atoms with Crippen LogP contribution in [0.1, 0.15) is 35.8 Å². The lowest BCUT2D eigenvalue weighted by molar-refractivity contribution is 0.460. The Bertz CT molecular complexity index is 596. The van der Waals surface area contributed by atoms with E-state index in [1.165, 1.54) is 29.7 Å². The van der Waals surface area contributed by atoms with Gasteiger partial charge < -0.3 is 10.2 Å². The molecule has 3 heteroatoms. The summed E-state index contributed by atoms with van der Waals surface area (Å²) in [5.74, 6) is 1.38. The average molecular weight is 293 g/mol. The first kappa shape index (κ1) is 13.8. The SMILES string of the molecule is c1cncc(C2CN(c3ccc(C4CCNCC4)cc3)C2)c1. The molecule has 4 rings (SSSR count). The van der Waals surface area contributed by atoms with Crippen molar-refractivity contribution in [3.05, 3.63) is 59.9 Å². The van der Waals surface area contributed by atoms with Gasteiger partial charge in [-0.15, -0.1) is 0 Å². The minimum atomic E-state index is 0.637. The molecule has 2 aromatic rings. The topological polar surface area (TPSA) is 28.2 Å². The van der Waals surface area contributed by atoms with Crippen LogP contribution in [0.15, 0.2) is 48.8 Å². The maximum absolute atomic E-state index is 4.23. The maximum atomic E-state index is 4.23. The van der Waals surface area contributed by atoms with Gasteiger partial charge in [-0.25, -0.2) is 0 Å². The van der Waals surface area contributed by atoms with E-state index in [9.17, 15) is 0 Å². The number of hydrogen-bond acceptors (Lipinski definition) is 3. The van der Waals surface area contributed by atoms with Crippen LogP contribution < -0.4 is 10.2 Å². The van der Waals surface area contributed by atoms with Crippen molar-refractivity contribution in [1.29, 1.82) is 0 Å². The minimum absolute atomic E-state index is 0.637. The quantitative estimate of drug-likeness (QED) is 0.942. The van der Waals surface area contributed by atoms with E-state index in [0.29, 0.717) is 5.92 Å². The molecule has 0 atom stereocenters. The minimum Gasteiger partial charge on any atom is -0.370 e. The largest absolute Gasteiger partial charge is 0.370 e. The predicted octanol–water partition coefficient (Wildman–Crippen LogP) is 3.15. The molecule has 22 heavy (non-hydrogen) atoms. The van der Waals surface area contributed by atoms with Crippen molar-refractivity contribution in [1.82, 2.24) is 10.3 Å². The number of aromatic nitrogens is 1. The van der Waals surface area contributed by atoms with E-state index in [1.54, 1.807) is 0 Å². The molecule has 0 saturated carbocycles. The highest BCUT2D eigenvalue weighted by Gasteiger charge is 2.28. The Labute approximate surface area is 132 Å². The molecule has 3 heterocycles. The van der Waals surface area contributed by atoms with E-state index in [2.05, 4.69) is 45.5 Å². The summed E-state index contributed by atoms with van der Waals surface area (Å²) >= 11 is 0. The Morgan fingerprint density at radius 3 is 2.36 bits per heavy atom. The van der Waals surface area contributed by atoms with Gasteiger partial charge in [-0.05, 0) is 61.2 Å². The number of pyridine rings is 1. The van der Waals surface area contributed by atoms with Gasteiger partial charge in [0.05, 0.1) is 0 Å². The summed E-state index contributed by atoms with van der Waals surface area (Å²) in [6.45, 7) is 4.54. The van der Waals surface area contributed by atoms with Crippen molar-refractivity contribution in [2.45, 2.75) is 24.7 Å². The zero-order valence-electron chi connectivity index (χ0n) is 12.9. The van der Waals surface area contributed by atoms with E-state index >= 15 is 0 Å². The van der Waals surface area contributed by atoms with Gasteiger partial charge in [-0.1, -0.05) is 18.2 Å². The molecule has 2 saturated heterocycles. The van der Waals surface area contributed by atoms with Crippen molar-refractivity contribution in [2.24, 2.45) is 0 Å². The van der Waals surface area contributed by atoms with Crippen LogP contribution >= 0.6 is 0 Å². The fourth-order valence-electron chi connectivity index (χ4n) is 3.63. The molecular weight excluding hydrogens is 270 g/mol. The summed E-state index contributed by atoms with van der Waals surface area (Å²) in [4.78, 5) is 6.69. The number of nitrogens with one attached hydrogen (secondary N) is 1. The normalized spacial score (nSPS) is 19.9. The molecule has 0 bridgehead atoms. The van der Waals surface area contributed by atoms with Crippen LogP contribution in [0.25, 0.3) is 0 Å². The maximum Gasteiger partial charge on any atom is 0.0366 e. The van der Waals surface area contributed by atoms with Crippen LogP contribution in [-0.4, -0.2) is 31.2 Å². The second kappa shape index (κ2) is 6.09. The number of anilines is 1. The smallest absolute Gasteiger partial charge is 0.0366 e. The molecule has 2 aliphatic heterocycles. The Morgan fingerprint density at radius 1 is 0.909 bits per heavy atom. The molecule has 1 N–H and O–H groups in total. The third kappa shape index (κ3) is 2.73. The van der Waals surface area contributed by atoms with Gasteiger partial charge in [0.1, 0.15) is 0 Å². The monoisotopic (exact) mass is 293 g/mol. The zero-order chi connectivity index (χ0) is 14.8. The Morgan fingerprint density at radius 2 is 1.68 bits per heavy atom. The van der Waals surface area contributed by atoms with Crippen molar-refractivity contribution >= 4 is 5.69 Å². The van der Waals surface area contributed by atoms with Crippen LogP contribution in [0, 0.1) is 0 Å². The zero-order valence-corrected chi connectivity index (χ0v) is 12.9. The van der Waals surface area contributed by atoms with Crippen molar-refractivity contribution in [3.8, 4) is 0 Å². The Kier molecular flexibility index (Phi) is 3.81. The second-order valence-electron chi connectivity index (χ2n) is 6.50. The van der Waals surface area contributed by atoms with E-state index < -0.39 is 0 Å². The summed E-state index contributed by atoms with van der Waals surface area (Å²) in [5, 5.41) is 3.44. The summed E-state index contributed by atoms with van der Waals surface area (Å²) in [5.41, 5.74) is 4.23. The van der Waals surface area contributed by atoms with Crippen molar-refractivity contribution in [2.75, 3.05) is 31.1 Å². The number of nitrogens with zero attached hydrogens (tertiary/aromatic N) is 2. The first-order chi connectivity index (χ1) is 10.9. The molecule has 2 fully saturated rings. The van der Waals surface area contributed by atoms with Gasteiger partial charge >= 0.3 is 0 Å². The number of rotatable bonds is 3. The van der Waals surface area contributed by atoms with E-state index in [4.69, 9.17) is 0 Å². The molecule has 0 unspecified atom stereocenters. The van der Waals surface area contributed by atoms with Crippen LogP contribution in [0.5, 0.6) is 0 Å². The lowest BCUT2D eigenvalue weighted by atomic mass is 9.89. The van der Waals surface area contributed by atoms with Gasteiger partial charge in [-0.2, -0.15) is 0 Å². The van der Waals surface area contributed by atoms with E-state index in [1.807, 2.05) is 18.5 Å². The van der Waals surface area contributed by atoms with E-state index in [-0.39, 0.29) is 0 Å². The van der Waals surface area contributed by atoms with Crippen molar-refractivity contribution in [3.63, 3.8) is 0 Å². The van der Waals surface area contributed by atoms with Crippen LogP contribution in [0.3, 0.4) is 0 Å². The Balaban J connectivity index is 1.38. The molecule has 3 nitrogen and oxygen atoms in total. The standard InChI is InChI=1S/C19H23N3/c1-2-17(12-21-9-1)18-13-22(14-18)19-5-3-15(4-6-19)16-7-10-20-11-8-16/h1-6,9,12,16,18,20H,7-8,10-11,13-14H2. The number of benzene rings is 1. The Hall–Kier alpha value is -1.87. The summed E-state index contributed by atoms with van der Waals surface area (Å²) in [6, 6.07) is 13.5. The highest BCUT2D eigenvalue weighted by atomic mass is 15.2. The highest BCUT2D eigenvalue weighted by Crippen LogP contribution is 2.33. The number of piperidine rings is 1. The predicted molar refractivity (Wildman–Crippen MR) is 90.5 cm³/mol. The lowest BCUT2D eigenvalue weighted by Gasteiger charge is -2.41. The van der Waals surface area contributed by atoms with Gasteiger partial charge in [0.15, 0.2) is 0 Å². The van der Waals surface area contributed by atoms with Crippen LogP contribution in [-0.2, 0) is 0 Å². The van der Waals surface area contributed by atoms with E-state index in [0.717, 1.165) is 32.1 Å². The second-order valence-corrected chi connectivity index (χ2v) is 6.50. The molecule has 1 aromatic heterocycles. The number of hydrogen-bond donors (Lipinski definition) is 1. The first-order valence-electron chi connectivity index (χ1n) is 8.36. The van der Waals surface area contributed by atoms with Crippen LogP contribution in [0.2, 0.25) is 0 Å². The molecule has 2 aliphatic rings. The summed E-state index contributed by atoms with van der Waals surface area (Å²) < 4.78 is 0. The molecule has 0 spiro atoms. The average Bonchev–Trinajstić information content (AvgIpc) is 2.56. The van der Waals surface area contributed by atoms with Gasteiger partial charge in [0.2, 0.25) is 0 Å². The lowest BCUT2D eigenvalue weighted by Crippen LogP contribution is -2.45. The summed E-state index contributed by atoms with van der Waals surface area (Å²) in [6.07, 6.45) is 6.39. The fourth-order valence-corrected chi connectivity index (χ4v) is 3.63. The molecule has 0 amide bonds. The third-order valence-electron chi connectivity index (χ3n) is 5.11. The molecule has 0 aliphatic carbocycles. The van der Waals surface area contributed by atoms with Crippen molar-refractivity contribution < 1.29 is 0 Å². The fraction of sp³-hybridized carbons (Fsp3) is 0.421. The first-order valence-corrected chi connectivity index (χ1v) is 8.36. The molecule has 114 valence electrons. The molecule has 0 radical (unpaired) electrons. The van der Waals surface area contributed by atoms with Crippen LogP contribution in [0.4, 0.5) is 5.69 Å². The molecule has 1 aromatic carbocycles. The summed E-state index contributed by atoms with van der Waals surface area (Å²) in [7, 11) is 0. The third-order valence-corrected chi connectivity index (χ3v) is 5.11. The highest BCUT2D eigenvalue weighted by molar-refractivity contribution is 5.52. The van der Waals surface area contributed by atoms with Gasteiger partial charge in [-0.3, -0.25) is 4.98 Å². The molecular formula is C19H23N3.